The number of nitrogens with one attached hydrogen (secondary N) is 1. The fraction of sp³-hybridized carbons (Fsp3) is 0.889. The number of ether oxygens (including phenoxy) is 1. The van der Waals surface area contributed by atoms with Gasteiger partial charge in [0, 0.05) is 0 Å². The molecule has 1 aliphatic rings. The Labute approximate surface area is 74.5 Å². The van der Waals surface area contributed by atoms with E-state index in [0.717, 1.165) is 6.42 Å². The molecule has 1 aliphatic heterocycles. The van der Waals surface area contributed by atoms with Crippen LogP contribution in [0.5, 0.6) is 0 Å². The quantitative estimate of drug-likeness (QED) is 0.517. The smallest absolute Gasteiger partial charge is 0.293 e. The first-order chi connectivity index (χ1) is 5.91. The third-order valence-electron chi connectivity index (χ3n) is 1.60. The molecule has 0 saturated carbocycles. The van der Waals surface area contributed by atoms with Crippen LogP contribution in [0.15, 0.2) is 0 Å². The minimum absolute atomic E-state index is 0.462. The first-order valence-electron chi connectivity index (χ1n) is 4.67. The number of carbonyl (C=O) groups excluding carboxylic acids is 1. The van der Waals surface area contributed by atoms with Gasteiger partial charge in [-0.25, -0.2) is 0 Å². The summed E-state index contributed by atoms with van der Waals surface area (Å²) in [4.78, 5) is 9.34. The van der Waals surface area contributed by atoms with Crippen LogP contribution in [0.25, 0.3) is 0 Å². The molecular formula is C9H19NO2. The topological polar surface area (TPSA) is 38.3 Å². The lowest BCUT2D eigenvalue weighted by Crippen LogP contribution is -2.21. The van der Waals surface area contributed by atoms with Gasteiger partial charge in [0.15, 0.2) is 0 Å². The number of hydrogen-bond acceptors (Lipinski definition) is 3. The van der Waals surface area contributed by atoms with Gasteiger partial charge in [-0.15, -0.1) is 0 Å². The van der Waals surface area contributed by atoms with E-state index in [9.17, 15) is 4.79 Å². The molecule has 12 heavy (non-hydrogen) atoms. The molecule has 3 heteroatoms. The van der Waals surface area contributed by atoms with E-state index in [4.69, 9.17) is 0 Å². The highest BCUT2D eigenvalue weighted by molar-refractivity contribution is 5.36. The van der Waals surface area contributed by atoms with Crippen LogP contribution in [0.3, 0.4) is 0 Å². The van der Waals surface area contributed by atoms with Crippen molar-refractivity contribution < 1.29 is 9.53 Å². The first-order valence-corrected chi connectivity index (χ1v) is 4.67. The summed E-state index contributed by atoms with van der Waals surface area (Å²) in [6.07, 6.45) is 5.12. The lowest BCUT2D eigenvalue weighted by Gasteiger charge is -2.08. The Hall–Kier alpha value is -0.570. The van der Waals surface area contributed by atoms with Crippen molar-refractivity contribution in [2.24, 2.45) is 0 Å². The van der Waals surface area contributed by atoms with E-state index in [-0.39, 0.29) is 0 Å². The maximum atomic E-state index is 9.34. The molecule has 0 aromatic heterocycles. The van der Waals surface area contributed by atoms with Crippen LogP contribution < -0.4 is 5.32 Å². The summed E-state index contributed by atoms with van der Waals surface area (Å²) in [6, 6.07) is 0. The van der Waals surface area contributed by atoms with Crippen LogP contribution in [0.4, 0.5) is 0 Å². The van der Waals surface area contributed by atoms with Gasteiger partial charge in [0.1, 0.15) is 0 Å². The fourth-order valence-corrected chi connectivity index (χ4v) is 0.968. The normalized spacial score (nSPS) is 15.8. The van der Waals surface area contributed by atoms with Crippen molar-refractivity contribution in [1.29, 1.82) is 0 Å². The van der Waals surface area contributed by atoms with E-state index in [0.29, 0.717) is 13.1 Å². The maximum absolute atomic E-state index is 9.34. The predicted octanol–water partition coefficient (Wildman–Crippen LogP) is 1.33. The zero-order valence-corrected chi connectivity index (χ0v) is 7.84. The molecule has 0 aliphatic carbocycles. The van der Waals surface area contributed by atoms with Gasteiger partial charge < -0.3 is 10.1 Å². The third kappa shape index (κ3) is 9.43. The Morgan fingerprint density at radius 2 is 2.00 bits per heavy atom. The van der Waals surface area contributed by atoms with Crippen molar-refractivity contribution in [2.75, 3.05) is 19.7 Å². The van der Waals surface area contributed by atoms with Crippen LogP contribution in [0, 0.1) is 0 Å². The largest absolute Gasteiger partial charge is 0.468 e. The molecule has 0 unspecified atom stereocenters. The monoisotopic (exact) mass is 173 g/mol. The molecule has 3 nitrogen and oxygen atoms in total. The number of carbonyl (C=O) groups is 1. The van der Waals surface area contributed by atoms with E-state index in [1.54, 1.807) is 0 Å². The molecule has 1 N–H and O–H groups in total. The van der Waals surface area contributed by atoms with Crippen LogP contribution in [-0.4, -0.2) is 26.2 Å². The van der Waals surface area contributed by atoms with Gasteiger partial charge in [-0.05, 0) is 32.4 Å². The molecule has 0 atom stereocenters. The molecule has 1 heterocycles. The summed E-state index contributed by atoms with van der Waals surface area (Å²) < 4.78 is 4.30. The molecule has 0 aromatic rings. The summed E-state index contributed by atoms with van der Waals surface area (Å²) >= 11 is 0. The van der Waals surface area contributed by atoms with Crippen molar-refractivity contribution in [2.45, 2.75) is 32.6 Å². The molecule has 0 spiro atoms. The van der Waals surface area contributed by atoms with Crippen LogP contribution >= 0.6 is 0 Å². The zero-order chi connectivity index (χ0) is 9.07. The SMILES string of the molecule is C1CCNCC1.CCCOC=O. The summed E-state index contributed by atoms with van der Waals surface area (Å²) in [7, 11) is 0. The van der Waals surface area contributed by atoms with Gasteiger partial charge in [-0.2, -0.15) is 0 Å². The lowest BCUT2D eigenvalue weighted by molar-refractivity contribution is -0.128. The summed E-state index contributed by atoms with van der Waals surface area (Å²) in [5, 5.41) is 3.28. The van der Waals surface area contributed by atoms with E-state index in [2.05, 4.69) is 10.1 Å². The van der Waals surface area contributed by atoms with E-state index in [1.165, 1.54) is 32.4 Å². The summed E-state index contributed by atoms with van der Waals surface area (Å²) in [5.41, 5.74) is 0. The Morgan fingerprint density at radius 1 is 1.33 bits per heavy atom. The molecule has 0 aromatic carbocycles. The van der Waals surface area contributed by atoms with Crippen LogP contribution in [0.2, 0.25) is 0 Å². The fourth-order valence-electron chi connectivity index (χ4n) is 0.968. The van der Waals surface area contributed by atoms with Crippen molar-refractivity contribution in [3.63, 3.8) is 0 Å². The van der Waals surface area contributed by atoms with Crippen LogP contribution in [-0.2, 0) is 9.53 Å². The minimum atomic E-state index is 0.462. The standard InChI is InChI=1S/C5H11N.C4H8O2/c1-2-4-6-5-3-1;1-2-3-6-4-5/h6H,1-5H2;4H,2-3H2,1H3. The Balaban J connectivity index is 0.000000202. The predicted molar refractivity (Wildman–Crippen MR) is 49.0 cm³/mol. The lowest BCUT2D eigenvalue weighted by atomic mass is 10.2. The molecule has 72 valence electrons. The highest BCUT2D eigenvalue weighted by Crippen LogP contribution is 1.96. The van der Waals surface area contributed by atoms with Gasteiger partial charge in [-0.3, -0.25) is 4.79 Å². The number of rotatable bonds is 3. The van der Waals surface area contributed by atoms with E-state index in [1.807, 2.05) is 6.92 Å². The molecule has 0 radical (unpaired) electrons. The van der Waals surface area contributed by atoms with Gasteiger partial charge in [-0.1, -0.05) is 13.3 Å². The van der Waals surface area contributed by atoms with Crippen LogP contribution in [0.1, 0.15) is 32.6 Å². The number of piperidine rings is 1. The van der Waals surface area contributed by atoms with Gasteiger partial charge >= 0.3 is 0 Å². The Bertz CT molecular complexity index is 81.0. The van der Waals surface area contributed by atoms with Crippen molar-refractivity contribution in [3.8, 4) is 0 Å². The zero-order valence-electron chi connectivity index (χ0n) is 7.84. The molecule has 1 rings (SSSR count). The Morgan fingerprint density at radius 3 is 2.17 bits per heavy atom. The molecule has 0 amide bonds. The van der Waals surface area contributed by atoms with Crippen molar-refractivity contribution >= 4 is 6.47 Å². The van der Waals surface area contributed by atoms with Crippen molar-refractivity contribution in [3.05, 3.63) is 0 Å². The molecular weight excluding hydrogens is 154 g/mol. The molecule has 1 saturated heterocycles. The highest BCUT2D eigenvalue weighted by Gasteiger charge is 1.93. The average molecular weight is 173 g/mol. The van der Waals surface area contributed by atoms with Gasteiger partial charge in [0.25, 0.3) is 6.47 Å². The highest BCUT2D eigenvalue weighted by atomic mass is 16.5. The molecule has 0 bridgehead atoms. The summed E-state index contributed by atoms with van der Waals surface area (Å²) in [5.74, 6) is 0. The number of hydrogen-bond donors (Lipinski definition) is 1. The minimum Gasteiger partial charge on any atom is -0.468 e. The maximum Gasteiger partial charge on any atom is 0.293 e. The third-order valence-corrected chi connectivity index (χ3v) is 1.60. The first kappa shape index (κ1) is 11.4. The molecule has 1 fully saturated rings. The van der Waals surface area contributed by atoms with Gasteiger partial charge in [0.2, 0.25) is 0 Å². The summed E-state index contributed by atoms with van der Waals surface area (Å²) in [6.45, 7) is 5.45. The second kappa shape index (κ2) is 10.4. The van der Waals surface area contributed by atoms with Gasteiger partial charge in [0.05, 0.1) is 6.61 Å². The van der Waals surface area contributed by atoms with E-state index < -0.39 is 0 Å². The average Bonchev–Trinajstić information content (AvgIpc) is 2.18. The van der Waals surface area contributed by atoms with Crippen molar-refractivity contribution in [1.82, 2.24) is 5.32 Å². The second-order valence-corrected chi connectivity index (χ2v) is 2.78. The Kier molecular flexibility index (Phi) is 9.93. The second-order valence-electron chi connectivity index (χ2n) is 2.78. The van der Waals surface area contributed by atoms with E-state index >= 15 is 0 Å².